The molecule has 4 unspecified atom stereocenters. The molecule has 0 spiro atoms. The van der Waals surface area contributed by atoms with Gasteiger partial charge in [0.15, 0.2) is 11.8 Å². The van der Waals surface area contributed by atoms with E-state index in [1.165, 1.54) is 4.98 Å². The number of nitrogens with one attached hydrogen (secondary N) is 1. The summed E-state index contributed by atoms with van der Waals surface area (Å²) in [5.41, 5.74) is -5.85. The van der Waals surface area contributed by atoms with Crippen LogP contribution in [0.5, 0.6) is 0 Å². The average molecular weight is 548 g/mol. The first kappa shape index (κ1) is 28.1. The summed E-state index contributed by atoms with van der Waals surface area (Å²) in [4.78, 5) is 60.3. The van der Waals surface area contributed by atoms with E-state index in [0.29, 0.717) is 0 Å². The molecule has 0 bridgehead atoms. The van der Waals surface area contributed by atoms with Gasteiger partial charge in [0.1, 0.15) is 18.9 Å². The van der Waals surface area contributed by atoms with Gasteiger partial charge >= 0.3 is 29.2 Å². The van der Waals surface area contributed by atoms with E-state index in [4.69, 9.17) is 19.4 Å². The molecule has 2 rings (SSSR count). The Morgan fingerprint density at radius 2 is 1.79 bits per heavy atom. The number of rotatable bonds is 9. The van der Waals surface area contributed by atoms with Gasteiger partial charge in [-0.2, -0.15) is 13.0 Å². The minimum absolute atomic E-state index is 0.178. The van der Waals surface area contributed by atoms with Crippen LogP contribution in [0.2, 0.25) is 0 Å². The molecule has 190 valence electrons. The molecule has 1 aliphatic rings. The second kappa shape index (κ2) is 9.47. The fourth-order valence-corrected chi connectivity index (χ4v) is 5.99. The van der Waals surface area contributed by atoms with Crippen LogP contribution in [0, 0.1) is 5.82 Å². The molecule has 0 amide bonds. The molecule has 1 aromatic rings. The van der Waals surface area contributed by atoms with Crippen molar-refractivity contribution in [3.8, 4) is 0 Å². The van der Waals surface area contributed by atoms with Crippen molar-refractivity contribution in [2.75, 3.05) is 6.67 Å². The molecule has 1 saturated heterocycles. The maximum atomic E-state index is 13.6. The number of aromatic nitrogens is 2. The molecular formula is C11H17F2N2O15P3. The number of halogens is 2. The first-order valence-electron chi connectivity index (χ1n) is 8.27. The summed E-state index contributed by atoms with van der Waals surface area (Å²) in [6.07, 6.45) is -8.26. The topological polar surface area (TPSA) is 264 Å². The summed E-state index contributed by atoms with van der Waals surface area (Å²) in [7, 11) is -17.3. The van der Waals surface area contributed by atoms with E-state index in [1.807, 2.05) is 0 Å². The molecule has 2 heterocycles. The number of nitrogens with zero attached hydrogens (tertiary/aromatic N) is 1. The Kier molecular flexibility index (Phi) is 8.05. The van der Waals surface area contributed by atoms with Gasteiger partial charge in [-0.15, -0.1) is 0 Å². The van der Waals surface area contributed by atoms with Gasteiger partial charge in [0.2, 0.25) is 5.82 Å². The lowest BCUT2D eigenvalue weighted by Gasteiger charge is -2.29. The largest absolute Gasteiger partial charge is 0.490 e. The number of phosphoric acid groups is 3. The van der Waals surface area contributed by atoms with Gasteiger partial charge in [0, 0.05) is 0 Å². The van der Waals surface area contributed by atoms with Crippen LogP contribution in [0.15, 0.2) is 15.8 Å². The standard InChI is InChI=1S/C11H17F2N2O15P3/c1-4(28-32(23,24)30-33(25,26)29-31(20,21)22)6-7(16)11(19,3-12)9(27-6)15-2-5(13)8(17)14-10(15)18/h2,4,6-7,9,16,19H,3H2,1H3,(H,23,24)(H,25,26)(H,14,17,18)(H2,20,21,22)/t4-,6?,7+,9-,11?/m1/s1. The number of phosphoric ester groups is 1. The van der Waals surface area contributed by atoms with Crippen molar-refractivity contribution in [3.63, 3.8) is 0 Å². The average Bonchev–Trinajstić information content (AvgIpc) is 2.87. The van der Waals surface area contributed by atoms with Gasteiger partial charge in [0.05, 0.1) is 12.3 Å². The third kappa shape index (κ3) is 6.49. The molecule has 1 aromatic heterocycles. The highest BCUT2D eigenvalue weighted by atomic mass is 31.3. The third-order valence-electron chi connectivity index (χ3n) is 4.11. The number of alkyl halides is 1. The van der Waals surface area contributed by atoms with Crippen LogP contribution in [0.3, 0.4) is 0 Å². The molecule has 17 nitrogen and oxygen atoms in total. The predicted octanol–water partition coefficient (Wildman–Crippen LogP) is -1.63. The Balaban J connectivity index is 2.30. The summed E-state index contributed by atoms with van der Waals surface area (Å²) in [5.74, 6) is -1.56. The number of H-pyrrole nitrogens is 1. The van der Waals surface area contributed by atoms with Gasteiger partial charge in [-0.25, -0.2) is 22.9 Å². The highest BCUT2D eigenvalue weighted by molar-refractivity contribution is 7.66. The van der Waals surface area contributed by atoms with Crippen LogP contribution < -0.4 is 11.2 Å². The van der Waals surface area contributed by atoms with Gasteiger partial charge in [0.25, 0.3) is 5.56 Å². The Hall–Kier alpha value is -1.17. The van der Waals surface area contributed by atoms with E-state index in [9.17, 15) is 47.2 Å². The van der Waals surface area contributed by atoms with E-state index in [1.54, 1.807) is 0 Å². The number of hydrogen-bond donors (Lipinski definition) is 7. The normalized spacial score (nSPS) is 30.5. The fourth-order valence-electron chi connectivity index (χ4n) is 2.79. The molecule has 7 N–H and O–H groups in total. The minimum atomic E-state index is -5.88. The Labute approximate surface area is 180 Å². The Morgan fingerprint density at radius 1 is 1.21 bits per heavy atom. The molecule has 33 heavy (non-hydrogen) atoms. The highest BCUT2D eigenvalue weighted by Crippen LogP contribution is 2.66. The fraction of sp³-hybridized carbons (Fsp3) is 0.636. The Morgan fingerprint density at radius 3 is 2.30 bits per heavy atom. The van der Waals surface area contributed by atoms with Crippen molar-refractivity contribution >= 4 is 23.5 Å². The van der Waals surface area contributed by atoms with Gasteiger partial charge in [-0.3, -0.25) is 18.9 Å². The lowest BCUT2D eigenvalue weighted by molar-refractivity contribution is -0.122. The van der Waals surface area contributed by atoms with Crippen molar-refractivity contribution in [2.45, 2.75) is 37.1 Å². The third-order valence-corrected chi connectivity index (χ3v) is 8.03. The zero-order valence-electron chi connectivity index (χ0n) is 16.0. The zero-order chi connectivity index (χ0) is 25.6. The van der Waals surface area contributed by atoms with E-state index in [-0.39, 0.29) is 10.8 Å². The Bertz CT molecular complexity index is 1150. The van der Waals surface area contributed by atoms with Gasteiger partial charge in [-0.1, -0.05) is 0 Å². The van der Waals surface area contributed by atoms with Crippen molar-refractivity contribution in [1.29, 1.82) is 0 Å². The predicted molar refractivity (Wildman–Crippen MR) is 96.5 cm³/mol. The molecule has 0 aliphatic carbocycles. The maximum Gasteiger partial charge on any atom is 0.490 e. The first-order chi connectivity index (χ1) is 14.8. The van der Waals surface area contributed by atoms with E-state index in [0.717, 1.165) is 6.92 Å². The van der Waals surface area contributed by atoms with Crippen LogP contribution in [0.25, 0.3) is 0 Å². The summed E-state index contributed by atoms with van der Waals surface area (Å²) < 4.78 is 77.9. The smallest absolute Gasteiger partial charge is 0.387 e. The quantitative estimate of drug-likeness (QED) is 0.171. The number of aromatic amines is 1. The van der Waals surface area contributed by atoms with Crippen molar-refractivity contribution in [1.82, 2.24) is 9.55 Å². The molecule has 7 atom stereocenters. The summed E-state index contributed by atoms with van der Waals surface area (Å²) >= 11 is 0. The van der Waals surface area contributed by atoms with Crippen LogP contribution in [-0.4, -0.2) is 69.9 Å². The molecule has 1 aliphatic heterocycles. The summed E-state index contributed by atoms with van der Waals surface area (Å²) in [6.45, 7) is -0.992. The maximum absolute atomic E-state index is 13.6. The monoisotopic (exact) mass is 548 g/mol. The van der Waals surface area contributed by atoms with Crippen molar-refractivity contribution in [3.05, 3.63) is 32.9 Å². The van der Waals surface area contributed by atoms with Gasteiger partial charge < -0.3 is 34.5 Å². The molecular weight excluding hydrogens is 531 g/mol. The van der Waals surface area contributed by atoms with Crippen LogP contribution in [0.1, 0.15) is 13.2 Å². The van der Waals surface area contributed by atoms with E-state index in [2.05, 4.69) is 13.1 Å². The van der Waals surface area contributed by atoms with E-state index < -0.39 is 77.3 Å². The number of ether oxygens (including phenoxy) is 1. The first-order valence-corrected chi connectivity index (χ1v) is 12.8. The number of hydrogen-bond acceptors (Lipinski definition) is 11. The molecule has 0 saturated carbocycles. The summed E-state index contributed by atoms with van der Waals surface area (Å²) in [6, 6.07) is 0. The van der Waals surface area contributed by atoms with Crippen LogP contribution in [0.4, 0.5) is 8.78 Å². The zero-order valence-corrected chi connectivity index (χ0v) is 18.7. The van der Waals surface area contributed by atoms with Gasteiger partial charge in [-0.05, 0) is 6.92 Å². The molecule has 0 aromatic carbocycles. The molecule has 1 fully saturated rings. The number of aliphatic hydroxyl groups excluding tert-OH is 1. The highest BCUT2D eigenvalue weighted by Gasteiger charge is 2.59. The van der Waals surface area contributed by atoms with Crippen LogP contribution >= 0.6 is 23.5 Å². The SMILES string of the molecule is C[C@@H](OP(=O)(O)OP(=O)(O)OP(=O)(O)O)C1O[C@@H](n2cc(F)c(=O)[nH]c2=O)C(O)(CF)[C@H]1O. The summed E-state index contributed by atoms with van der Waals surface area (Å²) in [5, 5.41) is 20.8. The second-order valence-corrected chi connectivity index (χ2v) is 10.9. The number of aliphatic hydroxyl groups is 2. The van der Waals surface area contributed by atoms with E-state index >= 15 is 0 Å². The van der Waals surface area contributed by atoms with Crippen molar-refractivity contribution in [2.24, 2.45) is 0 Å². The van der Waals surface area contributed by atoms with Crippen molar-refractivity contribution < 1.29 is 70.1 Å². The second-order valence-electron chi connectivity index (χ2n) is 6.57. The lowest BCUT2D eigenvalue weighted by Crippen LogP contribution is -2.51. The minimum Gasteiger partial charge on any atom is -0.387 e. The lowest BCUT2D eigenvalue weighted by atomic mass is 9.93. The van der Waals surface area contributed by atoms with Crippen LogP contribution in [-0.2, 0) is 31.6 Å². The molecule has 0 radical (unpaired) electrons. The molecule has 22 heteroatoms.